The summed E-state index contributed by atoms with van der Waals surface area (Å²) in [6, 6.07) is -0.283. The van der Waals surface area contributed by atoms with Crippen molar-refractivity contribution < 1.29 is 9.59 Å². The number of hydrogen-bond donors (Lipinski definition) is 3. The first-order valence-electron chi connectivity index (χ1n) is 9.65. The predicted molar refractivity (Wildman–Crippen MR) is 108 cm³/mol. The molecule has 1 saturated carbocycles. The summed E-state index contributed by atoms with van der Waals surface area (Å²) in [4.78, 5) is 27.9. The van der Waals surface area contributed by atoms with Crippen LogP contribution >= 0.6 is 12.2 Å². The number of carbonyl (C=O) groups is 2. The van der Waals surface area contributed by atoms with Gasteiger partial charge in [0.2, 0.25) is 11.8 Å². The Morgan fingerprint density at radius 2 is 1.96 bits per heavy atom. The smallest absolute Gasteiger partial charge is 0.245 e. The molecule has 1 aliphatic heterocycles. The third-order valence-corrected chi connectivity index (χ3v) is 6.14. The van der Waals surface area contributed by atoms with Gasteiger partial charge in [-0.25, -0.2) is 0 Å². The second-order valence-electron chi connectivity index (χ2n) is 8.93. The zero-order valence-electron chi connectivity index (χ0n) is 16.6. The minimum Gasteiger partial charge on any atom is -0.369 e. The van der Waals surface area contributed by atoms with Gasteiger partial charge in [-0.15, -0.1) is 0 Å². The Balaban J connectivity index is 2.13. The van der Waals surface area contributed by atoms with E-state index in [2.05, 4.69) is 10.6 Å². The van der Waals surface area contributed by atoms with Gasteiger partial charge in [-0.1, -0.05) is 39.4 Å². The van der Waals surface area contributed by atoms with Gasteiger partial charge in [0.15, 0.2) is 0 Å². The monoisotopic (exact) mass is 382 g/mol. The maximum absolute atomic E-state index is 13.4. The number of nitrogens with one attached hydrogen (secondary N) is 2. The van der Waals surface area contributed by atoms with Crippen molar-refractivity contribution in [2.24, 2.45) is 16.6 Å². The van der Waals surface area contributed by atoms with Crippen LogP contribution in [0.2, 0.25) is 0 Å². The van der Waals surface area contributed by atoms with E-state index in [1.165, 1.54) is 0 Å². The Hall–Kier alpha value is -1.21. The van der Waals surface area contributed by atoms with Gasteiger partial charge in [-0.3, -0.25) is 9.59 Å². The molecular weight excluding hydrogens is 348 g/mol. The predicted octanol–water partition coefficient (Wildman–Crippen LogP) is 1.57. The summed E-state index contributed by atoms with van der Waals surface area (Å²) in [7, 11) is 1.83. The molecule has 4 N–H and O–H groups in total. The van der Waals surface area contributed by atoms with E-state index in [1.54, 1.807) is 0 Å². The number of rotatable bonds is 7. The highest BCUT2D eigenvalue weighted by Gasteiger charge is 2.47. The number of primary amides is 1. The maximum atomic E-state index is 13.4. The molecule has 0 radical (unpaired) electrons. The standard InChI is InChI=1S/C19H34N4O2S/c1-18(2,3)15(22-14(26)12-21-4)16(24)23-10-5-7-13(23)11-19(17(20)25)8-6-9-19/h13,15,21H,5-12H2,1-4H3,(H2,20,25)(H,22,26)/t13-,15-/m1/s1. The van der Waals surface area contributed by atoms with Gasteiger partial charge in [-0.05, 0) is 44.6 Å². The average Bonchev–Trinajstić information content (AvgIpc) is 2.94. The lowest BCUT2D eigenvalue weighted by Gasteiger charge is -2.43. The molecule has 2 amide bonds. The van der Waals surface area contributed by atoms with Crippen LogP contribution in [0.1, 0.15) is 59.3 Å². The minimum atomic E-state index is -0.403. The van der Waals surface area contributed by atoms with E-state index in [9.17, 15) is 9.59 Å². The molecule has 2 aliphatic rings. The van der Waals surface area contributed by atoms with Crippen molar-refractivity contribution in [1.29, 1.82) is 0 Å². The molecule has 2 atom stereocenters. The van der Waals surface area contributed by atoms with Gasteiger partial charge in [-0.2, -0.15) is 0 Å². The molecule has 1 saturated heterocycles. The third-order valence-electron chi connectivity index (χ3n) is 5.88. The van der Waals surface area contributed by atoms with E-state index in [0.29, 0.717) is 18.0 Å². The van der Waals surface area contributed by atoms with Gasteiger partial charge in [0.1, 0.15) is 6.04 Å². The quantitative estimate of drug-likeness (QED) is 0.582. The molecule has 7 heteroatoms. The number of likely N-dealkylation sites (tertiary alicyclic amines) is 1. The first kappa shape index (κ1) is 21.1. The normalized spacial score (nSPS) is 23.2. The van der Waals surface area contributed by atoms with E-state index in [0.717, 1.165) is 38.6 Å². The molecule has 6 nitrogen and oxygen atoms in total. The summed E-state index contributed by atoms with van der Waals surface area (Å²) in [6.07, 6.45) is 5.38. The maximum Gasteiger partial charge on any atom is 0.245 e. The summed E-state index contributed by atoms with van der Waals surface area (Å²) in [5.74, 6) is -0.124. The second-order valence-corrected chi connectivity index (χ2v) is 9.42. The average molecular weight is 383 g/mol. The van der Waals surface area contributed by atoms with Crippen LogP contribution in [-0.4, -0.2) is 53.9 Å². The van der Waals surface area contributed by atoms with E-state index in [4.69, 9.17) is 18.0 Å². The molecule has 2 rings (SSSR count). The van der Waals surface area contributed by atoms with E-state index >= 15 is 0 Å². The summed E-state index contributed by atoms with van der Waals surface area (Å²) in [5, 5.41) is 6.28. The fourth-order valence-electron chi connectivity index (χ4n) is 4.13. The highest BCUT2D eigenvalue weighted by atomic mass is 32.1. The summed E-state index contributed by atoms with van der Waals surface area (Å²) in [6.45, 7) is 7.43. The number of nitrogens with two attached hydrogens (primary N) is 1. The van der Waals surface area contributed by atoms with E-state index in [1.807, 2.05) is 32.7 Å². The minimum absolute atomic E-state index is 0.0809. The van der Waals surface area contributed by atoms with Crippen molar-refractivity contribution in [3.8, 4) is 0 Å². The van der Waals surface area contributed by atoms with Crippen molar-refractivity contribution in [1.82, 2.24) is 15.5 Å². The van der Waals surface area contributed by atoms with Crippen LogP contribution in [0.15, 0.2) is 0 Å². The lowest BCUT2D eigenvalue weighted by molar-refractivity contribution is -0.141. The molecule has 26 heavy (non-hydrogen) atoms. The summed E-state index contributed by atoms with van der Waals surface area (Å²) >= 11 is 5.37. The largest absolute Gasteiger partial charge is 0.369 e. The molecule has 2 fully saturated rings. The summed E-state index contributed by atoms with van der Waals surface area (Å²) < 4.78 is 0. The number of likely N-dealkylation sites (N-methyl/N-ethyl adjacent to an activating group) is 1. The van der Waals surface area contributed by atoms with Crippen LogP contribution in [0.3, 0.4) is 0 Å². The number of amides is 2. The van der Waals surface area contributed by atoms with Crippen molar-refractivity contribution in [3.05, 3.63) is 0 Å². The molecule has 0 unspecified atom stereocenters. The Bertz CT molecular complexity index is 554. The Kier molecular flexibility index (Phi) is 6.66. The van der Waals surface area contributed by atoms with Crippen LogP contribution in [0.25, 0.3) is 0 Å². The molecule has 0 aromatic heterocycles. The molecule has 0 aromatic carbocycles. The number of hydrogen-bond acceptors (Lipinski definition) is 4. The summed E-state index contributed by atoms with van der Waals surface area (Å²) in [5.41, 5.74) is 5.01. The fraction of sp³-hybridized carbons (Fsp3) is 0.842. The topological polar surface area (TPSA) is 87.5 Å². The van der Waals surface area contributed by atoms with Crippen LogP contribution in [0, 0.1) is 10.8 Å². The van der Waals surface area contributed by atoms with Crippen molar-refractivity contribution in [3.63, 3.8) is 0 Å². The highest BCUT2D eigenvalue weighted by Crippen LogP contribution is 2.46. The molecule has 0 bridgehead atoms. The second kappa shape index (κ2) is 8.21. The number of nitrogens with zero attached hydrogens (tertiary/aromatic N) is 1. The van der Waals surface area contributed by atoms with Gasteiger partial charge in [0.25, 0.3) is 0 Å². The van der Waals surface area contributed by atoms with Crippen LogP contribution < -0.4 is 16.4 Å². The molecule has 148 valence electrons. The van der Waals surface area contributed by atoms with Crippen LogP contribution in [0.5, 0.6) is 0 Å². The highest BCUT2D eigenvalue weighted by molar-refractivity contribution is 7.80. The van der Waals surface area contributed by atoms with Crippen molar-refractivity contribution >= 4 is 29.0 Å². The Morgan fingerprint density at radius 3 is 2.42 bits per heavy atom. The molecule has 1 aliphatic carbocycles. The van der Waals surface area contributed by atoms with Gasteiger partial charge < -0.3 is 21.3 Å². The van der Waals surface area contributed by atoms with Crippen molar-refractivity contribution in [2.75, 3.05) is 20.1 Å². The van der Waals surface area contributed by atoms with E-state index < -0.39 is 5.41 Å². The Labute approximate surface area is 162 Å². The van der Waals surface area contributed by atoms with Gasteiger partial charge in [0, 0.05) is 19.1 Å². The first-order valence-corrected chi connectivity index (χ1v) is 10.1. The van der Waals surface area contributed by atoms with Gasteiger partial charge in [0.05, 0.1) is 10.4 Å². The fourth-order valence-corrected chi connectivity index (χ4v) is 4.39. The Morgan fingerprint density at radius 1 is 1.31 bits per heavy atom. The van der Waals surface area contributed by atoms with Crippen molar-refractivity contribution in [2.45, 2.75) is 71.4 Å². The zero-order valence-corrected chi connectivity index (χ0v) is 17.4. The molecular formula is C19H34N4O2S. The molecule has 0 aromatic rings. The lowest BCUT2D eigenvalue weighted by Crippen LogP contribution is -2.57. The first-order chi connectivity index (χ1) is 12.1. The third kappa shape index (κ3) is 4.55. The van der Waals surface area contributed by atoms with Gasteiger partial charge >= 0.3 is 0 Å². The van der Waals surface area contributed by atoms with Crippen LogP contribution in [-0.2, 0) is 9.59 Å². The molecule has 1 heterocycles. The van der Waals surface area contributed by atoms with E-state index in [-0.39, 0.29) is 29.3 Å². The SMILES string of the molecule is CNCC(=S)N[C@H](C(=O)N1CCC[C@@H]1CC1(C(N)=O)CCC1)C(C)(C)C. The number of carbonyl (C=O) groups excluding carboxylic acids is 2. The lowest BCUT2D eigenvalue weighted by atomic mass is 9.64. The van der Waals surface area contributed by atoms with Crippen LogP contribution in [0.4, 0.5) is 0 Å². The zero-order chi connectivity index (χ0) is 19.5. The number of thiocarbonyl (C=S) groups is 1. The molecule has 0 spiro atoms.